The zero-order valence-electron chi connectivity index (χ0n) is 8.65. The van der Waals surface area contributed by atoms with E-state index in [0.717, 1.165) is 11.3 Å². The molecule has 0 atom stereocenters. The predicted molar refractivity (Wildman–Crippen MR) is 63.1 cm³/mol. The summed E-state index contributed by atoms with van der Waals surface area (Å²) < 4.78 is 10.6. The summed E-state index contributed by atoms with van der Waals surface area (Å²) >= 11 is 5.80. The fourth-order valence-electron chi connectivity index (χ4n) is 1.35. The highest BCUT2D eigenvalue weighted by Gasteiger charge is 2.01. The molecule has 0 aliphatic heterocycles. The van der Waals surface area contributed by atoms with E-state index in [1.54, 1.807) is 18.4 Å². The summed E-state index contributed by atoms with van der Waals surface area (Å²) in [6.45, 7) is 0.888. The Kier molecular flexibility index (Phi) is 3.49. The number of benzene rings is 1. The molecule has 2 rings (SSSR count). The van der Waals surface area contributed by atoms with E-state index in [1.807, 2.05) is 18.2 Å². The van der Waals surface area contributed by atoms with Gasteiger partial charge in [-0.3, -0.25) is 0 Å². The standard InChI is InChI=1S/C12H12ClNO2/c13-10-4-3-9(12(14)6-10)7-15-8-11-2-1-5-16-11/h1-6H,7-8,14H2. The van der Waals surface area contributed by atoms with Gasteiger partial charge in [-0.1, -0.05) is 17.7 Å². The van der Waals surface area contributed by atoms with Crippen LogP contribution in [0.5, 0.6) is 0 Å². The predicted octanol–water partition coefficient (Wildman–Crippen LogP) is 3.23. The van der Waals surface area contributed by atoms with Gasteiger partial charge in [0.15, 0.2) is 0 Å². The lowest BCUT2D eigenvalue weighted by Gasteiger charge is -2.06. The number of halogens is 1. The Morgan fingerprint density at radius 1 is 1.25 bits per heavy atom. The van der Waals surface area contributed by atoms with Crippen molar-refractivity contribution in [1.29, 1.82) is 0 Å². The van der Waals surface area contributed by atoms with Gasteiger partial charge in [-0.05, 0) is 24.3 Å². The third kappa shape index (κ3) is 2.78. The van der Waals surface area contributed by atoms with Crippen LogP contribution in [0.3, 0.4) is 0 Å². The van der Waals surface area contributed by atoms with Gasteiger partial charge in [0.1, 0.15) is 12.4 Å². The molecule has 0 aliphatic carbocycles. The van der Waals surface area contributed by atoms with Gasteiger partial charge < -0.3 is 14.9 Å². The maximum Gasteiger partial charge on any atom is 0.129 e. The molecule has 4 heteroatoms. The minimum absolute atomic E-state index is 0.440. The number of anilines is 1. The van der Waals surface area contributed by atoms with Crippen LogP contribution < -0.4 is 5.73 Å². The second-order valence-electron chi connectivity index (χ2n) is 3.42. The van der Waals surface area contributed by atoms with Gasteiger partial charge in [0.05, 0.1) is 12.9 Å². The van der Waals surface area contributed by atoms with E-state index in [4.69, 9.17) is 26.5 Å². The largest absolute Gasteiger partial charge is 0.467 e. The van der Waals surface area contributed by atoms with Crippen LogP contribution >= 0.6 is 11.6 Å². The first-order valence-electron chi connectivity index (χ1n) is 4.90. The number of furan rings is 1. The molecule has 2 N–H and O–H groups in total. The van der Waals surface area contributed by atoms with E-state index in [-0.39, 0.29) is 0 Å². The number of rotatable bonds is 4. The van der Waals surface area contributed by atoms with Gasteiger partial charge >= 0.3 is 0 Å². The fraction of sp³-hybridized carbons (Fsp3) is 0.167. The van der Waals surface area contributed by atoms with E-state index in [0.29, 0.717) is 23.9 Å². The molecule has 0 saturated heterocycles. The molecule has 0 amide bonds. The molecule has 1 aromatic carbocycles. The first kappa shape index (κ1) is 11.0. The van der Waals surface area contributed by atoms with Crippen LogP contribution in [0.25, 0.3) is 0 Å². The smallest absolute Gasteiger partial charge is 0.129 e. The first-order valence-corrected chi connectivity index (χ1v) is 5.27. The average Bonchev–Trinajstić information content (AvgIpc) is 2.74. The van der Waals surface area contributed by atoms with Gasteiger partial charge in [0, 0.05) is 16.3 Å². The molecule has 0 fully saturated rings. The molecular weight excluding hydrogens is 226 g/mol. The molecule has 1 heterocycles. The molecule has 0 unspecified atom stereocenters. The third-order valence-corrected chi connectivity index (χ3v) is 2.43. The van der Waals surface area contributed by atoms with Gasteiger partial charge in [-0.25, -0.2) is 0 Å². The minimum Gasteiger partial charge on any atom is -0.467 e. The Morgan fingerprint density at radius 3 is 2.81 bits per heavy atom. The summed E-state index contributed by atoms with van der Waals surface area (Å²) in [4.78, 5) is 0. The first-order chi connectivity index (χ1) is 7.75. The minimum atomic E-state index is 0.440. The van der Waals surface area contributed by atoms with E-state index >= 15 is 0 Å². The Labute approximate surface area is 98.8 Å². The van der Waals surface area contributed by atoms with E-state index < -0.39 is 0 Å². The third-order valence-electron chi connectivity index (χ3n) is 2.19. The van der Waals surface area contributed by atoms with Gasteiger partial charge in [-0.15, -0.1) is 0 Å². The van der Waals surface area contributed by atoms with Crippen molar-refractivity contribution in [3.05, 3.63) is 52.9 Å². The van der Waals surface area contributed by atoms with Gasteiger partial charge in [-0.2, -0.15) is 0 Å². The number of nitrogen functional groups attached to an aromatic ring is 1. The molecule has 3 nitrogen and oxygen atoms in total. The lowest BCUT2D eigenvalue weighted by atomic mass is 10.2. The quantitative estimate of drug-likeness (QED) is 0.831. The van der Waals surface area contributed by atoms with Crippen molar-refractivity contribution in [1.82, 2.24) is 0 Å². The highest BCUT2D eigenvalue weighted by atomic mass is 35.5. The highest BCUT2D eigenvalue weighted by Crippen LogP contribution is 2.19. The number of ether oxygens (including phenoxy) is 1. The second-order valence-corrected chi connectivity index (χ2v) is 3.85. The van der Waals surface area contributed by atoms with Crippen molar-refractivity contribution in [3.8, 4) is 0 Å². The van der Waals surface area contributed by atoms with Crippen LogP contribution in [0.4, 0.5) is 5.69 Å². The van der Waals surface area contributed by atoms with Crippen molar-refractivity contribution in [2.45, 2.75) is 13.2 Å². The Bertz CT molecular complexity index is 454. The van der Waals surface area contributed by atoms with Crippen LogP contribution in [0.15, 0.2) is 41.0 Å². The zero-order chi connectivity index (χ0) is 11.4. The van der Waals surface area contributed by atoms with Crippen LogP contribution in [0, 0.1) is 0 Å². The van der Waals surface area contributed by atoms with Gasteiger partial charge in [0.2, 0.25) is 0 Å². The van der Waals surface area contributed by atoms with Crippen LogP contribution in [-0.2, 0) is 18.0 Å². The molecule has 0 spiro atoms. The highest BCUT2D eigenvalue weighted by molar-refractivity contribution is 6.30. The second kappa shape index (κ2) is 5.05. The van der Waals surface area contributed by atoms with Crippen molar-refractivity contribution in [2.75, 3.05) is 5.73 Å². The maximum absolute atomic E-state index is 5.80. The summed E-state index contributed by atoms with van der Waals surface area (Å²) in [6.07, 6.45) is 1.62. The number of hydrogen-bond donors (Lipinski definition) is 1. The maximum atomic E-state index is 5.80. The molecule has 2 aromatic rings. The van der Waals surface area contributed by atoms with E-state index in [9.17, 15) is 0 Å². The summed E-state index contributed by atoms with van der Waals surface area (Å²) in [6, 6.07) is 9.07. The van der Waals surface area contributed by atoms with Crippen molar-refractivity contribution >= 4 is 17.3 Å². The van der Waals surface area contributed by atoms with Crippen molar-refractivity contribution in [2.24, 2.45) is 0 Å². The van der Waals surface area contributed by atoms with Crippen LogP contribution in [-0.4, -0.2) is 0 Å². The lowest BCUT2D eigenvalue weighted by molar-refractivity contribution is 0.0933. The van der Waals surface area contributed by atoms with Crippen molar-refractivity contribution in [3.63, 3.8) is 0 Å². The van der Waals surface area contributed by atoms with Crippen LogP contribution in [0.2, 0.25) is 5.02 Å². The number of nitrogens with two attached hydrogens (primary N) is 1. The molecular formula is C12H12ClNO2. The molecule has 1 aromatic heterocycles. The molecule has 0 bridgehead atoms. The SMILES string of the molecule is Nc1cc(Cl)ccc1COCc1ccco1. The van der Waals surface area contributed by atoms with E-state index in [2.05, 4.69) is 0 Å². The van der Waals surface area contributed by atoms with Crippen LogP contribution in [0.1, 0.15) is 11.3 Å². The zero-order valence-corrected chi connectivity index (χ0v) is 9.41. The molecule has 0 aliphatic rings. The Balaban J connectivity index is 1.90. The fourth-order valence-corrected chi connectivity index (χ4v) is 1.53. The summed E-state index contributed by atoms with van der Waals surface area (Å²) in [5.41, 5.74) is 7.37. The monoisotopic (exact) mass is 237 g/mol. The van der Waals surface area contributed by atoms with Gasteiger partial charge in [0.25, 0.3) is 0 Å². The lowest BCUT2D eigenvalue weighted by Crippen LogP contribution is -1.98. The summed E-state index contributed by atoms with van der Waals surface area (Å²) in [5.74, 6) is 0.799. The normalized spacial score (nSPS) is 10.6. The molecule has 0 radical (unpaired) electrons. The van der Waals surface area contributed by atoms with Crippen molar-refractivity contribution < 1.29 is 9.15 Å². The Hall–Kier alpha value is -1.45. The average molecular weight is 238 g/mol. The molecule has 16 heavy (non-hydrogen) atoms. The molecule has 0 saturated carbocycles. The summed E-state index contributed by atoms with van der Waals surface area (Å²) in [7, 11) is 0. The Morgan fingerprint density at radius 2 is 2.12 bits per heavy atom. The topological polar surface area (TPSA) is 48.4 Å². The molecule has 84 valence electrons. The number of hydrogen-bond acceptors (Lipinski definition) is 3. The summed E-state index contributed by atoms with van der Waals surface area (Å²) in [5, 5.41) is 0.632. The van der Waals surface area contributed by atoms with E-state index in [1.165, 1.54) is 0 Å².